The Bertz CT molecular complexity index is 1810. The monoisotopic (exact) mass is 617 g/mol. The van der Waals surface area contributed by atoms with Gasteiger partial charge < -0.3 is 29.7 Å². The van der Waals surface area contributed by atoms with Gasteiger partial charge in [0.05, 0.1) is 29.9 Å². The first-order valence-corrected chi connectivity index (χ1v) is 14.2. The first-order valence-electron chi connectivity index (χ1n) is 13.4. The summed E-state index contributed by atoms with van der Waals surface area (Å²) in [5, 5.41) is 6.37. The summed E-state index contributed by atoms with van der Waals surface area (Å²) in [6, 6.07) is 20.3. The Balaban J connectivity index is 1.30. The maximum atomic E-state index is 12.6. The summed E-state index contributed by atoms with van der Waals surface area (Å²) in [4.78, 5) is 31.8. The Morgan fingerprint density at radius 3 is 2.60 bits per heavy atom. The molecule has 2 heterocycles. The average Bonchev–Trinajstić information content (AvgIpc) is 3.66. The number of nitrogens with zero attached hydrogens (tertiary/aromatic N) is 2. The van der Waals surface area contributed by atoms with Crippen LogP contribution >= 0.6 is 23.2 Å². The zero-order valence-corrected chi connectivity index (χ0v) is 25.2. The molecule has 1 unspecified atom stereocenters. The van der Waals surface area contributed by atoms with Crippen molar-refractivity contribution in [3.05, 3.63) is 111 Å². The average molecular weight is 619 g/mol. The molecule has 0 bridgehead atoms. The van der Waals surface area contributed by atoms with Crippen LogP contribution in [0.2, 0.25) is 10.0 Å². The van der Waals surface area contributed by atoms with Crippen molar-refractivity contribution in [2.45, 2.75) is 19.6 Å². The fraction of sp³-hybridized carbons (Fsp3) is 0.156. The van der Waals surface area contributed by atoms with Gasteiger partial charge in [0.25, 0.3) is 11.9 Å². The molecule has 2 aromatic heterocycles. The minimum absolute atomic E-state index is 0.168. The van der Waals surface area contributed by atoms with Gasteiger partial charge in [0, 0.05) is 41.2 Å². The maximum absolute atomic E-state index is 12.6. The summed E-state index contributed by atoms with van der Waals surface area (Å²) < 4.78 is 13.4. The van der Waals surface area contributed by atoms with Crippen LogP contribution in [0, 0.1) is 0 Å². The van der Waals surface area contributed by atoms with E-state index in [2.05, 4.69) is 20.6 Å². The van der Waals surface area contributed by atoms with Crippen LogP contribution in [0.1, 0.15) is 40.2 Å². The number of rotatable bonds is 10. The van der Waals surface area contributed by atoms with E-state index in [1.807, 2.05) is 54.1 Å². The lowest BCUT2D eigenvalue weighted by atomic mass is 10.1. The normalized spacial score (nSPS) is 11.9. The van der Waals surface area contributed by atoms with Gasteiger partial charge in [-0.1, -0.05) is 41.4 Å². The number of ether oxygens (including phenoxy) is 2. The zero-order chi connectivity index (χ0) is 30.5. The summed E-state index contributed by atoms with van der Waals surface area (Å²) in [6.45, 7) is 2.13. The van der Waals surface area contributed by atoms with Crippen LogP contribution in [0.4, 0.5) is 0 Å². The number of H-pyrrole nitrogens is 1. The number of fused-ring (bicyclic) bond motifs is 1. The van der Waals surface area contributed by atoms with Crippen molar-refractivity contribution in [3.63, 3.8) is 0 Å². The Labute approximate surface area is 258 Å². The number of para-hydroxylation sites is 1. The van der Waals surface area contributed by atoms with Gasteiger partial charge in [-0.3, -0.25) is 9.59 Å². The zero-order valence-electron chi connectivity index (χ0n) is 23.7. The third-order valence-corrected chi connectivity index (χ3v) is 7.55. The van der Waals surface area contributed by atoms with Crippen molar-refractivity contribution >= 4 is 52.1 Å². The summed E-state index contributed by atoms with van der Waals surface area (Å²) in [5.41, 5.74) is 4.88. The van der Waals surface area contributed by atoms with E-state index < -0.39 is 6.10 Å². The molecule has 1 atom stereocenters. The lowest BCUT2D eigenvalue weighted by Crippen LogP contribution is -2.22. The van der Waals surface area contributed by atoms with E-state index in [0.29, 0.717) is 44.1 Å². The van der Waals surface area contributed by atoms with Gasteiger partial charge in [-0.05, 0) is 67.1 Å². The van der Waals surface area contributed by atoms with E-state index >= 15 is 0 Å². The second-order valence-electron chi connectivity index (χ2n) is 9.57. The number of aromatic nitrogens is 3. The molecule has 0 aliphatic heterocycles. The van der Waals surface area contributed by atoms with Crippen LogP contribution < -0.4 is 20.1 Å². The predicted octanol–water partition coefficient (Wildman–Crippen LogP) is 6.50. The number of carbonyl (C=O) groups is 2. The molecule has 5 rings (SSSR count). The molecular weight excluding hydrogens is 589 g/mol. The minimum atomic E-state index is -0.512. The van der Waals surface area contributed by atoms with Crippen LogP contribution in [0.3, 0.4) is 0 Å². The standard InChI is InChI=1S/C32H29Cl2N5O4/c1-19(43-26-8-4-7-24-30(26)38-32(37-24)42-3)28-23(33)14-15-25(29(28)34)39-17-5-6-22(39)18-36-27(40)16-11-20-9-12-21(13-10-20)31(41)35-2/h4-17,19H,18H2,1-3H3,(H,35,41)(H,36,40)(H,37,38). The van der Waals surface area contributed by atoms with E-state index in [9.17, 15) is 9.59 Å². The van der Waals surface area contributed by atoms with Crippen LogP contribution in [-0.4, -0.2) is 40.5 Å². The Morgan fingerprint density at radius 1 is 1.07 bits per heavy atom. The predicted molar refractivity (Wildman–Crippen MR) is 168 cm³/mol. The number of amides is 2. The molecule has 5 aromatic rings. The van der Waals surface area contributed by atoms with E-state index in [1.165, 1.54) is 6.08 Å². The third-order valence-electron chi connectivity index (χ3n) is 6.83. The van der Waals surface area contributed by atoms with E-state index in [4.69, 9.17) is 32.7 Å². The highest BCUT2D eigenvalue weighted by Crippen LogP contribution is 2.38. The molecule has 3 aromatic carbocycles. The van der Waals surface area contributed by atoms with Crippen LogP contribution in [0.25, 0.3) is 22.8 Å². The van der Waals surface area contributed by atoms with Crippen LogP contribution in [0.15, 0.2) is 79.0 Å². The first-order chi connectivity index (χ1) is 20.8. The number of benzene rings is 3. The number of hydrogen-bond acceptors (Lipinski definition) is 5. The Kier molecular flexibility index (Phi) is 9.04. The summed E-state index contributed by atoms with van der Waals surface area (Å²) in [5.74, 6) is 0.123. The van der Waals surface area contributed by atoms with E-state index in [-0.39, 0.29) is 18.4 Å². The number of halogens is 2. The van der Waals surface area contributed by atoms with Gasteiger partial charge in [0.1, 0.15) is 17.4 Å². The molecule has 2 amide bonds. The van der Waals surface area contributed by atoms with Crippen molar-refractivity contribution in [3.8, 4) is 17.4 Å². The van der Waals surface area contributed by atoms with Crippen LogP contribution in [0.5, 0.6) is 11.8 Å². The van der Waals surface area contributed by atoms with Gasteiger partial charge in [0.2, 0.25) is 5.91 Å². The Morgan fingerprint density at radius 2 is 1.86 bits per heavy atom. The smallest absolute Gasteiger partial charge is 0.294 e. The number of aromatic amines is 1. The fourth-order valence-electron chi connectivity index (χ4n) is 4.63. The highest BCUT2D eigenvalue weighted by atomic mass is 35.5. The molecule has 9 nitrogen and oxygen atoms in total. The number of methoxy groups -OCH3 is 1. The van der Waals surface area contributed by atoms with Crippen molar-refractivity contribution < 1.29 is 19.1 Å². The largest absolute Gasteiger partial charge is 0.484 e. The highest BCUT2D eigenvalue weighted by molar-refractivity contribution is 6.37. The number of nitrogens with one attached hydrogen (secondary N) is 3. The number of carbonyl (C=O) groups excluding carboxylic acids is 2. The fourth-order valence-corrected chi connectivity index (χ4v) is 5.40. The van der Waals surface area contributed by atoms with Gasteiger partial charge in [0.15, 0.2) is 0 Å². The van der Waals surface area contributed by atoms with Crippen molar-refractivity contribution in [1.29, 1.82) is 0 Å². The minimum Gasteiger partial charge on any atom is -0.484 e. The van der Waals surface area contributed by atoms with Gasteiger partial charge in [-0.25, -0.2) is 0 Å². The molecule has 0 aliphatic carbocycles. The highest BCUT2D eigenvalue weighted by Gasteiger charge is 2.21. The van der Waals surface area contributed by atoms with E-state index in [0.717, 1.165) is 16.8 Å². The topological polar surface area (TPSA) is 110 Å². The third kappa shape index (κ3) is 6.53. The molecule has 0 radical (unpaired) electrons. The summed E-state index contributed by atoms with van der Waals surface area (Å²) in [6.07, 6.45) is 4.49. The maximum Gasteiger partial charge on any atom is 0.294 e. The second-order valence-corrected chi connectivity index (χ2v) is 10.4. The van der Waals surface area contributed by atoms with Crippen molar-refractivity contribution in [2.24, 2.45) is 0 Å². The van der Waals surface area contributed by atoms with Gasteiger partial charge >= 0.3 is 0 Å². The number of imidazole rings is 1. The molecule has 43 heavy (non-hydrogen) atoms. The first kappa shape index (κ1) is 29.8. The summed E-state index contributed by atoms with van der Waals surface area (Å²) >= 11 is 13.6. The summed E-state index contributed by atoms with van der Waals surface area (Å²) in [7, 11) is 3.12. The molecule has 11 heteroatoms. The molecule has 0 fully saturated rings. The molecule has 3 N–H and O–H groups in total. The molecule has 220 valence electrons. The molecule has 0 saturated carbocycles. The SMILES string of the molecule is CNC(=O)c1ccc(C=CC(=O)NCc2cccn2-c2ccc(Cl)c(C(C)Oc3cccc4[nH]c(OC)nc34)c2Cl)cc1. The quantitative estimate of drug-likeness (QED) is 0.155. The molecule has 0 spiro atoms. The van der Waals surface area contributed by atoms with Gasteiger partial charge in [-0.15, -0.1) is 0 Å². The van der Waals surface area contributed by atoms with Gasteiger partial charge in [-0.2, -0.15) is 4.98 Å². The van der Waals surface area contributed by atoms with Crippen molar-refractivity contribution in [1.82, 2.24) is 25.2 Å². The molecule has 0 saturated heterocycles. The van der Waals surface area contributed by atoms with Crippen LogP contribution in [-0.2, 0) is 11.3 Å². The Hall–Kier alpha value is -4.73. The molecule has 0 aliphatic rings. The van der Waals surface area contributed by atoms with E-state index in [1.54, 1.807) is 50.6 Å². The number of hydrogen-bond donors (Lipinski definition) is 3. The second kappa shape index (κ2) is 13.1. The lowest BCUT2D eigenvalue weighted by molar-refractivity contribution is -0.116. The lowest BCUT2D eigenvalue weighted by Gasteiger charge is -2.21. The van der Waals surface area contributed by atoms with Crippen molar-refractivity contribution in [2.75, 3.05) is 14.2 Å². The molecular formula is C32H29Cl2N5O4.